The molecule has 5 nitrogen and oxygen atoms in total. The van der Waals surface area contributed by atoms with Gasteiger partial charge >= 0.3 is 0 Å². The highest BCUT2D eigenvalue weighted by atomic mass is 16.4. The molecule has 0 saturated heterocycles. The number of phenolic OH excluding ortho intramolecular Hbond substituents is 1. The number of H-pyrrole nitrogens is 1. The van der Waals surface area contributed by atoms with Crippen molar-refractivity contribution in [1.29, 1.82) is 0 Å². The third-order valence-electron chi connectivity index (χ3n) is 2.02. The second-order valence-electron chi connectivity index (χ2n) is 2.92. The Morgan fingerprint density at radius 2 is 2.27 bits per heavy atom. The van der Waals surface area contributed by atoms with Gasteiger partial charge in [0.05, 0.1) is 6.21 Å². The Hall–Kier alpha value is -2.30. The molecule has 76 valence electrons. The lowest BCUT2D eigenvalue weighted by Gasteiger charge is -2.03. The minimum absolute atomic E-state index is 0.0432. The van der Waals surface area contributed by atoms with Crippen LogP contribution in [0.5, 0.6) is 5.75 Å². The maximum absolute atomic E-state index is 9.58. The Labute approximate surface area is 85.7 Å². The first-order valence-electron chi connectivity index (χ1n) is 4.32. The molecule has 0 spiro atoms. The number of imidazole rings is 1. The molecule has 2 rings (SSSR count). The van der Waals surface area contributed by atoms with E-state index in [-0.39, 0.29) is 5.75 Å². The second kappa shape index (κ2) is 3.83. The molecule has 0 aliphatic heterocycles. The lowest BCUT2D eigenvalue weighted by Crippen LogP contribution is -1.90. The summed E-state index contributed by atoms with van der Waals surface area (Å²) < 4.78 is 0. The molecule has 1 aromatic heterocycles. The van der Waals surface area contributed by atoms with Gasteiger partial charge in [0.25, 0.3) is 0 Å². The first-order chi connectivity index (χ1) is 7.33. The van der Waals surface area contributed by atoms with Crippen LogP contribution in [-0.2, 0) is 0 Å². The van der Waals surface area contributed by atoms with Crippen molar-refractivity contribution in [2.24, 2.45) is 5.16 Å². The van der Waals surface area contributed by atoms with Crippen LogP contribution in [0.4, 0.5) is 0 Å². The van der Waals surface area contributed by atoms with Crippen molar-refractivity contribution in [1.82, 2.24) is 9.97 Å². The van der Waals surface area contributed by atoms with Crippen LogP contribution in [0, 0.1) is 0 Å². The van der Waals surface area contributed by atoms with Crippen molar-refractivity contribution < 1.29 is 10.3 Å². The average Bonchev–Trinajstić information content (AvgIpc) is 2.74. The third kappa shape index (κ3) is 1.67. The maximum Gasteiger partial charge on any atom is 0.138 e. The predicted molar refractivity (Wildman–Crippen MR) is 55.1 cm³/mol. The molecular formula is C10H9N3O2. The number of aromatic nitrogens is 2. The van der Waals surface area contributed by atoms with Gasteiger partial charge in [0.2, 0.25) is 0 Å². The van der Waals surface area contributed by atoms with E-state index in [1.165, 1.54) is 12.3 Å². The number of oxime groups is 1. The van der Waals surface area contributed by atoms with Crippen molar-refractivity contribution in [3.8, 4) is 17.1 Å². The zero-order valence-corrected chi connectivity index (χ0v) is 7.75. The molecule has 5 heteroatoms. The molecule has 0 fully saturated rings. The van der Waals surface area contributed by atoms with Crippen LogP contribution >= 0.6 is 0 Å². The molecule has 0 aliphatic rings. The lowest BCUT2D eigenvalue weighted by atomic mass is 10.1. The monoisotopic (exact) mass is 203 g/mol. The van der Waals surface area contributed by atoms with Crippen LogP contribution < -0.4 is 0 Å². The summed E-state index contributed by atoms with van der Waals surface area (Å²) >= 11 is 0. The molecule has 0 atom stereocenters. The molecule has 0 bridgehead atoms. The molecule has 2 aromatic rings. The molecule has 0 amide bonds. The summed E-state index contributed by atoms with van der Waals surface area (Å²) in [4.78, 5) is 6.97. The summed E-state index contributed by atoms with van der Waals surface area (Å²) in [7, 11) is 0. The number of nitrogens with zero attached hydrogens (tertiary/aromatic N) is 2. The van der Waals surface area contributed by atoms with E-state index in [0.717, 1.165) is 0 Å². The number of hydrogen-bond acceptors (Lipinski definition) is 4. The van der Waals surface area contributed by atoms with E-state index in [4.69, 9.17) is 5.21 Å². The standard InChI is InChI=1S/C10H9N3O2/c14-9-3-1-2-7(8(9)6-13-15)10-11-4-5-12-10/h1-6,14-15H,(H,11,12). The number of phenols is 1. The lowest BCUT2D eigenvalue weighted by molar-refractivity contribution is 0.321. The highest BCUT2D eigenvalue weighted by molar-refractivity contribution is 5.91. The number of nitrogens with one attached hydrogen (secondary N) is 1. The van der Waals surface area contributed by atoms with Gasteiger partial charge in [0.1, 0.15) is 11.6 Å². The van der Waals surface area contributed by atoms with Gasteiger partial charge in [0, 0.05) is 23.5 Å². The van der Waals surface area contributed by atoms with Gasteiger partial charge in [-0.2, -0.15) is 0 Å². The van der Waals surface area contributed by atoms with Gasteiger partial charge < -0.3 is 15.3 Å². The van der Waals surface area contributed by atoms with Crippen molar-refractivity contribution in [2.75, 3.05) is 0 Å². The summed E-state index contributed by atoms with van der Waals surface area (Å²) in [6, 6.07) is 4.99. The smallest absolute Gasteiger partial charge is 0.138 e. The van der Waals surface area contributed by atoms with E-state index in [1.807, 2.05) is 0 Å². The van der Waals surface area contributed by atoms with E-state index in [0.29, 0.717) is 17.0 Å². The van der Waals surface area contributed by atoms with Gasteiger partial charge in [-0.25, -0.2) is 4.98 Å². The molecule has 1 aromatic carbocycles. The Balaban J connectivity index is 2.61. The fraction of sp³-hybridized carbons (Fsp3) is 0. The molecule has 0 saturated carbocycles. The van der Waals surface area contributed by atoms with Gasteiger partial charge in [-0.15, -0.1) is 0 Å². The highest BCUT2D eigenvalue weighted by Gasteiger charge is 2.09. The first kappa shape index (κ1) is 9.26. The molecule has 0 unspecified atom stereocenters. The van der Waals surface area contributed by atoms with Gasteiger partial charge in [-0.05, 0) is 6.07 Å². The number of rotatable bonds is 2. The fourth-order valence-electron chi connectivity index (χ4n) is 1.37. The maximum atomic E-state index is 9.58. The van der Waals surface area contributed by atoms with E-state index >= 15 is 0 Å². The first-order valence-corrected chi connectivity index (χ1v) is 4.32. The minimum Gasteiger partial charge on any atom is -0.507 e. The van der Waals surface area contributed by atoms with E-state index in [9.17, 15) is 5.11 Å². The van der Waals surface area contributed by atoms with Crippen LogP contribution in [0.1, 0.15) is 5.56 Å². The Morgan fingerprint density at radius 3 is 2.93 bits per heavy atom. The normalized spacial score (nSPS) is 10.9. The quantitative estimate of drug-likeness (QED) is 0.394. The number of hydrogen-bond donors (Lipinski definition) is 3. The Kier molecular flexibility index (Phi) is 2.37. The molecule has 3 N–H and O–H groups in total. The molecule has 0 radical (unpaired) electrons. The number of benzene rings is 1. The topological polar surface area (TPSA) is 81.5 Å². The summed E-state index contributed by atoms with van der Waals surface area (Å²) in [6.45, 7) is 0. The summed E-state index contributed by atoms with van der Waals surface area (Å²) in [5.41, 5.74) is 1.10. The SMILES string of the molecule is ON=Cc1c(O)cccc1-c1ncc[nH]1. The van der Waals surface area contributed by atoms with Crippen LogP contribution in [0.15, 0.2) is 35.7 Å². The molecule has 1 heterocycles. The molecule has 15 heavy (non-hydrogen) atoms. The van der Waals surface area contributed by atoms with Crippen molar-refractivity contribution in [3.05, 3.63) is 36.2 Å². The highest BCUT2D eigenvalue weighted by Crippen LogP contribution is 2.25. The number of aromatic amines is 1. The van der Waals surface area contributed by atoms with Crippen LogP contribution in [0.3, 0.4) is 0 Å². The van der Waals surface area contributed by atoms with Crippen molar-refractivity contribution in [3.63, 3.8) is 0 Å². The minimum atomic E-state index is 0.0432. The summed E-state index contributed by atoms with van der Waals surface area (Å²) in [5.74, 6) is 0.655. The van der Waals surface area contributed by atoms with Crippen molar-refractivity contribution in [2.45, 2.75) is 0 Å². The zero-order chi connectivity index (χ0) is 10.7. The summed E-state index contributed by atoms with van der Waals surface area (Å²) in [5, 5.41) is 21.0. The largest absolute Gasteiger partial charge is 0.507 e. The second-order valence-corrected chi connectivity index (χ2v) is 2.92. The van der Waals surface area contributed by atoms with Gasteiger partial charge in [-0.1, -0.05) is 17.3 Å². The predicted octanol–water partition coefficient (Wildman–Crippen LogP) is 1.59. The fourth-order valence-corrected chi connectivity index (χ4v) is 1.37. The van der Waals surface area contributed by atoms with Gasteiger partial charge in [-0.3, -0.25) is 0 Å². The average molecular weight is 203 g/mol. The third-order valence-corrected chi connectivity index (χ3v) is 2.02. The van der Waals surface area contributed by atoms with Crippen LogP contribution in [0.25, 0.3) is 11.4 Å². The van der Waals surface area contributed by atoms with E-state index < -0.39 is 0 Å². The molecule has 0 aliphatic carbocycles. The van der Waals surface area contributed by atoms with Gasteiger partial charge in [0.15, 0.2) is 0 Å². The van der Waals surface area contributed by atoms with E-state index in [1.54, 1.807) is 24.5 Å². The number of aromatic hydroxyl groups is 1. The van der Waals surface area contributed by atoms with Crippen molar-refractivity contribution >= 4 is 6.21 Å². The van der Waals surface area contributed by atoms with Crippen LogP contribution in [0.2, 0.25) is 0 Å². The summed E-state index contributed by atoms with van der Waals surface area (Å²) in [6.07, 6.45) is 4.46. The van der Waals surface area contributed by atoms with E-state index in [2.05, 4.69) is 15.1 Å². The molecular weight excluding hydrogens is 194 g/mol. The zero-order valence-electron chi connectivity index (χ0n) is 7.75. The Morgan fingerprint density at radius 1 is 1.40 bits per heavy atom. The Bertz CT molecular complexity index is 477. The van der Waals surface area contributed by atoms with Crippen LogP contribution in [-0.4, -0.2) is 26.5 Å².